The molecule has 1 fully saturated rings. The van der Waals surface area contributed by atoms with Crippen molar-refractivity contribution in [1.82, 2.24) is 4.90 Å². The number of nitrogens with zero attached hydrogens (tertiary/aromatic N) is 1. The Morgan fingerprint density at radius 1 is 1.56 bits per heavy atom. The number of nitrogens with two attached hydrogens (primary N) is 1. The molecule has 0 bridgehead atoms. The minimum Gasteiger partial charge on any atom is -0.449 e. The molecular weight excluding hydrogens is 204 g/mol. The third kappa shape index (κ3) is 3.37. The second kappa shape index (κ2) is 5.04. The van der Waals surface area contributed by atoms with E-state index in [0.717, 1.165) is 6.42 Å². The number of carbonyl (C=O) groups excluding carboxylic acids is 1. The first-order chi connectivity index (χ1) is 7.33. The summed E-state index contributed by atoms with van der Waals surface area (Å²) in [7, 11) is 0. The first-order valence-electron chi connectivity index (χ1n) is 6.00. The summed E-state index contributed by atoms with van der Waals surface area (Å²) in [6, 6.07) is 0.168. The van der Waals surface area contributed by atoms with E-state index < -0.39 is 0 Å². The van der Waals surface area contributed by atoms with Crippen molar-refractivity contribution in [3.05, 3.63) is 0 Å². The molecule has 0 radical (unpaired) electrons. The van der Waals surface area contributed by atoms with E-state index in [1.165, 1.54) is 0 Å². The quantitative estimate of drug-likeness (QED) is 0.784. The lowest BCUT2D eigenvalue weighted by Crippen LogP contribution is -2.54. The number of rotatable bonds is 2. The average Bonchev–Trinajstić information content (AvgIpc) is 2.18. The summed E-state index contributed by atoms with van der Waals surface area (Å²) < 4.78 is 5.22. The summed E-state index contributed by atoms with van der Waals surface area (Å²) in [4.78, 5) is 13.5. The summed E-state index contributed by atoms with van der Waals surface area (Å²) in [5, 5.41) is 0. The molecule has 0 saturated carbocycles. The standard InChI is InChI=1S/C12H24N2O2/c1-9(2)7-16-11(15)14-6-5-10(13)12(3,4)8-14/h9-10H,5-8,13H2,1-4H3. The molecule has 2 N–H and O–H groups in total. The molecule has 4 nitrogen and oxygen atoms in total. The van der Waals surface area contributed by atoms with E-state index in [1.807, 2.05) is 13.8 Å². The Morgan fingerprint density at radius 2 is 2.19 bits per heavy atom. The highest BCUT2D eigenvalue weighted by atomic mass is 16.6. The highest BCUT2D eigenvalue weighted by Gasteiger charge is 2.35. The van der Waals surface area contributed by atoms with Crippen LogP contribution in [0, 0.1) is 11.3 Å². The zero-order valence-corrected chi connectivity index (χ0v) is 10.8. The summed E-state index contributed by atoms with van der Waals surface area (Å²) in [5.41, 5.74) is 6.00. The zero-order valence-electron chi connectivity index (χ0n) is 10.8. The molecule has 1 heterocycles. The minimum absolute atomic E-state index is 0.0187. The predicted molar refractivity (Wildman–Crippen MR) is 64.1 cm³/mol. The summed E-state index contributed by atoms with van der Waals surface area (Å²) in [6.45, 7) is 10.1. The minimum atomic E-state index is -0.200. The molecule has 1 amide bonds. The van der Waals surface area contributed by atoms with Gasteiger partial charge < -0.3 is 15.4 Å². The second-order valence-corrected chi connectivity index (χ2v) is 5.78. The van der Waals surface area contributed by atoms with Gasteiger partial charge in [-0.05, 0) is 17.8 Å². The van der Waals surface area contributed by atoms with Gasteiger partial charge in [-0.25, -0.2) is 4.79 Å². The van der Waals surface area contributed by atoms with Crippen molar-refractivity contribution in [1.29, 1.82) is 0 Å². The Kier molecular flexibility index (Phi) is 4.19. The fraction of sp³-hybridized carbons (Fsp3) is 0.917. The lowest BCUT2D eigenvalue weighted by Gasteiger charge is -2.42. The van der Waals surface area contributed by atoms with Gasteiger partial charge in [-0.3, -0.25) is 0 Å². The molecule has 1 aliphatic heterocycles. The second-order valence-electron chi connectivity index (χ2n) is 5.78. The van der Waals surface area contributed by atoms with Crippen molar-refractivity contribution >= 4 is 6.09 Å². The molecule has 1 saturated heterocycles. The van der Waals surface area contributed by atoms with Crippen molar-refractivity contribution in [3.8, 4) is 0 Å². The maximum atomic E-state index is 11.8. The van der Waals surface area contributed by atoms with Crippen LogP contribution in [-0.4, -0.2) is 36.7 Å². The molecule has 0 spiro atoms. The third-order valence-corrected chi connectivity index (χ3v) is 3.11. The van der Waals surface area contributed by atoms with Crippen LogP contribution >= 0.6 is 0 Å². The fourth-order valence-electron chi connectivity index (χ4n) is 1.86. The van der Waals surface area contributed by atoms with Gasteiger partial charge in [0.1, 0.15) is 0 Å². The highest BCUT2D eigenvalue weighted by Crippen LogP contribution is 2.27. The lowest BCUT2D eigenvalue weighted by atomic mass is 9.80. The van der Waals surface area contributed by atoms with Gasteiger partial charge in [0.2, 0.25) is 0 Å². The molecular formula is C12H24N2O2. The van der Waals surface area contributed by atoms with E-state index in [0.29, 0.717) is 25.6 Å². The van der Waals surface area contributed by atoms with Gasteiger partial charge in [-0.1, -0.05) is 27.7 Å². The summed E-state index contributed by atoms with van der Waals surface area (Å²) >= 11 is 0. The average molecular weight is 228 g/mol. The van der Waals surface area contributed by atoms with Gasteiger partial charge in [0.25, 0.3) is 0 Å². The van der Waals surface area contributed by atoms with Crippen LogP contribution < -0.4 is 5.73 Å². The number of piperidine rings is 1. The molecule has 1 rings (SSSR count). The van der Waals surface area contributed by atoms with Gasteiger partial charge in [-0.15, -0.1) is 0 Å². The molecule has 16 heavy (non-hydrogen) atoms. The maximum Gasteiger partial charge on any atom is 0.409 e. The van der Waals surface area contributed by atoms with E-state index in [9.17, 15) is 4.79 Å². The van der Waals surface area contributed by atoms with Crippen LogP contribution in [0.15, 0.2) is 0 Å². The normalized spacial score (nSPS) is 24.6. The van der Waals surface area contributed by atoms with Gasteiger partial charge in [0, 0.05) is 19.1 Å². The van der Waals surface area contributed by atoms with Gasteiger partial charge in [0.15, 0.2) is 0 Å². The van der Waals surface area contributed by atoms with Crippen molar-refractivity contribution in [2.24, 2.45) is 17.1 Å². The van der Waals surface area contributed by atoms with Crippen LogP contribution in [0.25, 0.3) is 0 Å². The van der Waals surface area contributed by atoms with E-state index in [4.69, 9.17) is 10.5 Å². The van der Waals surface area contributed by atoms with Crippen LogP contribution in [0.1, 0.15) is 34.1 Å². The molecule has 1 aliphatic rings. The first-order valence-corrected chi connectivity index (χ1v) is 6.00. The van der Waals surface area contributed by atoms with Gasteiger partial charge in [0.05, 0.1) is 6.61 Å². The Labute approximate surface area is 98.1 Å². The molecule has 0 aromatic rings. The number of ether oxygens (including phenoxy) is 1. The SMILES string of the molecule is CC(C)COC(=O)N1CCC(N)C(C)(C)C1. The van der Waals surface area contributed by atoms with E-state index in [-0.39, 0.29) is 17.6 Å². The molecule has 0 aromatic heterocycles. The summed E-state index contributed by atoms with van der Waals surface area (Å²) in [5.74, 6) is 0.379. The third-order valence-electron chi connectivity index (χ3n) is 3.11. The highest BCUT2D eigenvalue weighted by molar-refractivity contribution is 5.67. The van der Waals surface area contributed by atoms with Crippen LogP contribution in [-0.2, 0) is 4.74 Å². The molecule has 4 heteroatoms. The number of amides is 1. The van der Waals surface area contributed by atoms with E-state index in [1.54, 1.807) is 4.90 Å². The molecule has 94 valence electrons. The Morgan fingerprint density at radius 3 is 2.69 bits per heavy atom. The van der Waals surface area contributed by atoms with Crippen molar-refractivity contribution in [2.75, 3.05) is 19.7 Å². The van der Waals surface area contributed by atoms with Crippen molar-refractivity contribution in [2.45, 2.75) is 40.2 Å². The first kappa shape index (κ1) is 13.3. The number of hydrogen-bond donors (Lipinski definition) is 1. The molecule has 1 atom stereocenters. The Bertz CT molecular complexity index is 251. The van der Waals surface area contributed by atoms with Crippen LogP contribution in [0.3, 0.4) is 0 Å². The Hall–Kier alpha value is -0.770. The largest absolute Gasteiger partial charge is 0.449 e. The molecule has 0 aromatic carbocycles. The predicted octanol–water partition coefficient (Wildman–Crippen LogP) is 1.84. The monoisotopic (exact) mass is 228 g/mol. The maximum absolute atomic E-state index is 11.8. The number of likely N-dealkylation sites (tertiary alicyclic amines) is 1. The van der Waals surface area contributed by atoms with Crippen LogP contribution in [0.4, 0.5) is 4.79 Å². The molecule has 0 aliphatic carbocycles. The van der Waals surface area contributed by atoms with Crippen LogP contribution in [0.2, 0.25) is 0 Å². The van der Waals surface area contributed by atoms with Gasteiger partial charge in [-0.2, -0.15) is 0 Å². The number of hydrogen-bond acceptors (Lipinski definition) is 3. The smallest absolute Gasteiger partial charge is 0.409 e. The molecule has 1 unspecified atom stereocenters. The van der Waals surface area contributed by atoms with E-state index in [2.05, 4.69) is 13.8 Å². The summed E-state index contributed by atoms with van der Waals surface area (Å²) in [6.07, 6.45) is 0.651. The topological polar surface area (TPSA) is 55.6 Å². The Balaban J connectivity index is 2.46. The van der Waals surface area contributed by atoms with Crippen molar-refractivity contribution < 1.29 is 9.53 Å². The fourth-order valence-corrected chi connectivity index (χ4v) is 1.86. The van der Waals surface area contributed by atoms with Gasteiger partial charge >= 0.3 is 6.09 Å². The van der Waals surface area contributed by atoms with E-state index >= 15 is 0 Å². The van der Waals surface area contributed by atoms with Crippen LogP contribution in [0.5, 0.6) is 0 Å². The number of carbonyl (C=O) groups is 1. The van der Waals surface area contributed by atoms with Crippen molar-refractivity contribution in [3.63, 3.8) is 0 Å². The zero-order chi connectivity index (χ0) is 12.3. The lowest BCUT2D eigenvalue weighted by molar-refractivity contribution is 0.0526.